The molecule has 1 nitrogen and oxygen atoms in total. The van der Waals surface area contributed by atoms with Gasteiger partial charge in [-0.15, -0.1) is 0 Å². The van der Waals surface area contributed by atoms with Gasteiger partial charge in [0.25, 0.3) is 0 Å². The van der Waals surface area contributed by atoms with Crippen LogP contribution < -0.4 is 5.32 Å². The van der Waals surface area contributed by atoms with Crippen molar-refractivity contribution >= 4 is 15.9 Å². The molecule has 0 fully saturated rings. The van der Waals surface area contributed by atoms with Crippen LogP contribution in [0.25, 0.3) is 0 Å². The fraction of sp³-hybridized carbons (Fsp3) is 0.647. The summed E-state index contributed by atoms with van der Waals surface area (Å²) >= 11 is 3.59. The second kappa shape index (κ2) is 8.76. The average Bonchev–Trinajstić information content (AvgIpc) is 2.34. The van der Waals surface area contributed by atoms with Crippen LogP contribution >= 0.6 is 15.9 Å². The molecule has 0 spiro atoms. The van der Waals surface area contributed by atoms with Gasteiger partial charge in [0.2, 0.25) is 0 Å². The van der Waals surface area contributed by atoms with E-state index in [1.165, 1.54) is 29.3 Å². The van der Waals surface area contributed by atoms with Crippen molar-refractivity contribution in [2.24, 2.45) is 5.92 Å². The maximum atomic E-state index is 3.60. The summed E-state index contributed by atoms with van der Waals surface area (Å²) in [5, 5.41) is 3.60. The molecule has 19 heavy (non-hydrogen) atoms. The Balaban J connectivity index is 2.73. The molecule has 0 heterocycles. The van der Waals surface area contributed by atoms with E-state index >= 15 is 0 Å². The van der Waals surface area contributed by atoms with Gasteiger partial charge in [-0.2, -0.15) is 0 Å². The van der Waals surface area contributed by atoms with Crippen LogP contribution in [0.15, 0.2) is 28.7 Å². The highest BCUT2D eigenvalue weighted by Gasteiger charge is 2.15. The Kier molecular flexibility index (Phi) is 7.70. The molecule has 0 amide bonds. The van der Waals surface area contributed by atoms with Crippen molar-refractivity contribution in [1.82, 2.24) is 5.32 Å². The monoisotopic (exact) mass is 325 g/mol. The standard InChI is InChI=1S/C17H28BrN/c1-5-7-14(4)10-16(12-19-13(2)3)15-8-6-9-17(18)11-15/h6,8-9,11,13-14,16,19H,5,7,10,12H2,1-4H3. The fourth-order valence-electron chi connectivity index (χ4n) is 2.57. The van der Waals surface area contributed by atoms with Gasteiger partial charge >= 0.3 is 0 Å². The molecule has 1 aromatic carbocycles. The van der Waals surface area contributed by atoms with E-state index in [2.05, 4.69) is 73.2 Å². The van der Waals surface area contributed by atoms with Crippen molar-refractivity contribution in [3.05, 3.63) is 34.3 Å². The summed E-state index contributed by atoms with van der Waals surface area (Å²) in [7, 11) is 0. The Morgan fingerprint density at radius 3 is 2.53 bits per heavy atom. The number of halogens is 1. The van der Waals surface area contributed by atoms with Crippen molar-refractivity contribution in [2.75, 3.05) is 6.54 Å². The van der Waals surface area contributed by atoms with Crippen LogP contribution in [0.1, 0.15) is 58.4 Å². The molecule has 0 aliphatic carbocycles. The Labute approximate surface area is 127 Å². The Hall–Kier alpha value is -0.340. The second-order valence-corrected chi connectivity index (χ2v) is 6.86. The molecule has 1 aromatic rings. The van der Waals surface area contributed by atoms with E-state index in [0.717, 1.165) is 12.5 Å². The Bertz CT molecular complexity index is 362. The quantitative estimate of drug-likeness (QED) is 0.678. The van der Waals surface area contributed by atoms with E-state index in [-0.39, 0.29) is 0 Å². The SMILES string of the molecule is CCCC(C)CC(CNC(C)C)c1cccc(Br)c1. The van der Waals surface area contributed by atoms with Gasteiger partial charge < -0.3 is 5.32 Å². The zero-order valence-electron chi connectivity index (χ0n) is 12.7. The van der Waals surface area contributed by atoms with Crippen LogP contribution in [0, 0.1) is 5.92 Å². The number of hydrogen-bond acceptors (Lipinski definition) is 1. The minimum atomic E-state index is 0.552. The first-order chi connectivity index (χ1) is 9.02. The molecule has 0 aromatic heterocycles. The highest BCUT2D eigenvalue weighted by Crippen LogP contribution is 2.27. The molecular formula is C17H28BrN. The minimum Gasteiger partial charge on any atom is -0.314 e. The molecule has 0 saturated carbocycles. The largest absolute Gasteiger partial charge is 0.314 e. The fourth-order valence-corrected chi connectivity index (χ4v) is 2.99. The summed E-state index contributed by atoms with van der Waals surface area (Å²) in [6, 6.07) is 9.33. The summed E-state index contributed by atoms with van der Waals surface area (Å²) in [5.41, 5.74) is 1.45. The third-order valence-corrected chi connectivity index (χ3v) is 4.05. The zero-order chi connectivity index (χ0) is 14.3. The summed E-state index contributed by atoms with van der Waals surface area (Å²) in [6.07, 6.45) is 3.88. The topological polar surface area (TPSA) is 12.0 Å². The van der Waals surface area contributed by atoms with Crippen LogP contribution in [0.2, 0.25) is 0 Å². The molecule has 0 aliphatic rings. The lowest BCUT2D eigenvalue weighted by atomic mass is 9.87. The van der Waals surface area contributed by atoms with Gasteiger partial charge in [-0.3, -0.25) is 0 Å². The van der Waals surface area contributed by atoms with Crippen LogP contribution in [0.3, 0.4) is 0 Å². The van der Waals surface area contributed by atoms with Gasteiger partial charge in [0.15, 0.2) is 0 Å². The molecule has 108 valence electrons. The lowest BCUT2D eigenvalue weighted by Crippen LogP contribution is -2.28. The summed E-state index contributed by atoms with van der Waals surface area (Å²) < 4.78 is 1.18. The molecular weight excluding hydrogens is 298 g/mol. The number of nitrogens with one attached hydrogen (secondary N) is 1. The van der Waals surface area contributed by atoms with Gasteiger partial charge in [-0.25, -0.2) is 0 Å². The van der Waals surface area contributed by atoms with Gasteiger partial charge in [-0.1, -0.05) is 68.6 Å². The predicted octanol–water partition coefficient (Wildman–Crippen LogP) is 5.36. The zero-order valence-corrected chi connectivity index (χ0v) is 14.3. The van der Waals surface area contributed by atoms with E-state index in [0.29, 0.717) is 12.0 Å². The predicted molar refractivity (Wildman–Crippen MR) is 88.7 cm³/mol. The molecule has 0 radical (unpaired) electrons. The Morgan fingerprint density at radius 1 is 1.21 bits per heavy atom. The van der Waals surface area contributed by atoms with E-state index in [1.54, 1.807) is 0 Å². The van der Waals surface area contributed by atoms with Crippen LogP contribution in [-0.4, -0.2) is 12.6 Å². The summed E-state index contributed by atoms with van der Waals surface area (Å²) in [6.45, 7) is 10.2. The molecule has 2 unspecified atom stereocenters. The van der Waals surface area contributed by atoms with Gasteiger partial charge in [0, 0.05) is 17.1 Å². The molecule has 0 aliphatic heterocycles. The van der Waals surface area contributed by atoms with Crippen LogP contribution in [-0.2, 0) is 0 Å². The van der Waals surface area contributed by atoms with Gasteiger partial charge in [0.05, 0.1) is 0 Å². The average molecular weight is 326 g/mol. The lowest BCUT2D eigenvalue weighted by Gasteiger charge is -2.23. The molecule has 1 N–H and O–H groups in total. The molecule has 2 heteroatoms. The van der Waals surface area contributed by atoms with E-state index < -0.39 is 0 Å². The molecule has 2 atom stereocenters. The highest BCUT2D eigenvalue weighted by atomic mass is 79.9. The minimum absolute atomic E-state index is 0.552. The molecule has 0 saturated heterocycles. The van der Waals surface area contributed by atoms with Gasteiger partial charge in [-0.05, 0) is 36.0 Å². The highest BCUT2D eigenvalue weighted by molar-refractivity contribution is 9.10. The lowest BCUT2D eigenvalue weighted by molar-refractivity contribution is 0.410. The summed E-state index contributed by atoms with van der Waals surface area (Å²) in [5.74, 6) is 1.41. The van der Waals surface area contributed by atoms with Crippen molar-refractivity contribution in [3.8, 4) is 0 Å². The maximum Gasteiger partial charge on any atom is 0.0178 e. The third kappa shape index (κ3) is 6.58. The van der Waals surface area contributed by atoms with Crippen LogP contribution in [0.5, 0.6) is 0 Å². The van der Waals surface area contributed by atoms with Crippen LogP contribution in [0.4, 0.5) is 0 Å². The number of rotatable bonds is 8. The first-order valence-electron chi connectivity index (χ1n) is 7.51. The van der Waals surface area contributed by atoms with Crippen molar-refractivity contribution in [1.29, 1.82) is 0 Å². The van der Waals surface area contributed by atoms with E-state index in [1.807, 2.05) is 0 Å². The number of benzene rings is 1. The van der Waals surface area contributed by atoms with Crippen molar-refractivity contribution in [2.45, 2.75) is 58.9 Å². The van der Waals surface area contributed by atoms with Gasteiger partial charge in [0.1, 0.15) is 0 Å². The first kappa shape index (κ1) is 16.7. The molecule has 1 rings (SSSR count). The van der Waals surface area contributed by atoms with E-state index in [9.17, 15) is 0 Å². The number of hydrogen-bond donors (Lipinski definition) is 1. The summed E-state index contributed by atoms with van der Waals surface area (Å²) in [4.78, 5) is 0. The second-order valence-electron chi connectivity index (χ2n) is 5.94. The first-order valence-corrected chi connectivity index (χ1v) is 8.31. The van der Waals surface area contributed by atoms with Crippen molar-refractivity contribution < 1.29 is 0 Å². The maximum absolute atomic E-state index is 3.60. The Morgan fingerprint density at radius 2 is 1.95 bits per heavy atom. The smallest absolute Gasteiger partial charge is 0.0178 e. The molecule has 0 bridgehead atoms. The normalized spacial score (nSPS) is 14.6. The van der Waals surface area contributed by atoms with Crippen molar-refractivity contribution in [3.63, 3.8) is 0 Å². The van der Waals surface area contributed by atoms with E-state index in [4.69, 9.17) is 0 Å². The third-order valence-electron chi connectivity index (χ3n) is 3.56.